The smallest absolute Gasteiger partial charge is 0.264 e. The lowest BCUT2D eigenvalue weighted by Crippen LogP contribution is -2.20. The molecule has 23 heavy (non-hydrogen) atoms. The van der Waals surface area contributed by atoms with Crippen LogP contribution in [-0.4, -0.2) is 28.0 Å². The van der Waals surface area contributed by atoms with E-state index in [1.54, 1.807) is 11.8 Å². The van der Waals surface area contributed by atoms with Gasteiger partial charge >= 0.3 is 0 Å². The molecule has 0 aliphatic carbocycles. The second kappa shape index (κ2) is 8.12. The van der Waals surface area contributed by atoms with Crippen LogP contribution in [0.4, 0.5) is 5.13 Å². The first-order valence-electron chi connectivity index (χ1n) is 7.04. The maximum atomic E-state index is 11.9. The van der Waals surface area contributed by atoms with Crippen molar-refractivity contribution in [1.29, 1.82) is 0 Å². The van der Waals surface area contributed by atoms with Crippen molar-refractivity contribution in [3.8, 4) is 5.75 Å². The number of ether oxygens (including phenoxy) is 1. The van der Waals surface area contributed by atoms with Crippen molar-refractivity contribution < 1.29 is 9.53 Å². The number of nitrogens with zero attached hydrogens (tertiary/aromatic N) is 2. The van der Waals surface area contributed by atoms with Crippen molar-refractivity contribution in [2.45, 2.75) is 37.3 Å². The van der Waals surface area contributed by atoms with Crippen LogP contribution in [0.5, 0.6) is 5.75 Å². The third kappa shape index (κ3) is 5.47. The van der Waals surface area contributed by atoms with E-state index in [0.717, 1.165) is 19.9 Å². The zero-order valence-electron chi connectivity index (χ0n) is 13.3. The minimum absolute atomic E-state index is 0.0627. The van der Waals surface area contributed by atoms with E-state index in [2.05, 4.69) is 45.3 Å². The van der Waals surface area contributed by atoms with Crippen LogP contribution < -0.4 is 10.1 Å². The van der Waals surface area contributed by atoms with Crippen LogP contribution >= 0.6 is 39.0 Å². The first-order valence-corrected chi connectivity index (χ1v) is 9.53. The Hall–Kier alpha value is -1.12. The summed E-state index contributed by atoms with van der Waals surface area (Å²) in [6, 6.07) is 3.79. The molecular formula is C15H18BrN3O2S2. The Bertz CT molecular complexity index is 681. The zero-order chi connectivity index (χ0) is 17.0. The average Bonchev–Trinajstić information content (AvgIpc) is 2.88. The summed E-state index contributed by atoms with van der Waals surface area (Å²) in [6.07, 6.45) is 0. The molecule has 2 rings (SSSR count). The fraction of sp³-hybridized carbons (Fsp3) is 0.400. The highest BCUT2D eigenvalue weighted by Gasteiger charge is 2.11. The highest BCUT2D eigenvalue weighted by molar-refractivity contribution is 9.10. The summed E-state index contributed by atoms with van der Waals surface area (Å²) in [6.45, 7) is 8.08. The van der Waals surface area contributed by atoms with Gasteiger partial charge in [0.05, 0.1) is 0 Å². The maximum Gasteiger partial charge on any atom is 0.264 e. The van der Waals surface area contributed by atoms with Crippen molar-refractivity contribution in [2.24, 2.45) is 0 Å². The fourth-order valence-electron chi connectivity index (χ4n) is 1.80. The van der Waals surface area contributed by atoms with Crippen molar-refractivity contribution in [1.82, 2.24) is 10.2 Å². The Labute approximate surface area is 152 Å². The molecule has 1 amide bonds. The number of amides is 1. The molecule has 1 N–H and O–H groups in total. The van der Waals surface area contributed by atoms with Crippen molar-refractivity contribution in [3.05, 3.63) is 27.7 Å². The van der Waals surface area contributed by atoms with Gasteiger partial charge in [0.2, 0.25) is 5.13 Å². The molecule has 0 radical (unpaired) electrons. The number of carbonyl (C=O) groups is 1. The highest BCUT2D eigenvalue weighted by atomic mass is 79.9. The lowest BCUT2D eigenvalue weighted by atomic mass is 10.1. The lowest BCUT2D eigenvalue weighted by molar-refractivity contribution is -0.118. The van der Waals surface area contributed by atoms with E-state index in [9.17, 15) is 4.79 Å². The molecule has 0 saturated heterocycles. The van der Waals surface area contributed by atoms with Gasteiger partial charge in [0.15, 0.2) is 10.9 Å². The van der Waals surface area contributed by atoms with E-state index in [0.29, 0.717) is 16.1 Å². The predicted octanol–water partition coefficient (Wildman–Crippen LogP) is 4.44. The summed E-state index contributed by atoms with van der Waals surface area (Å²) in [4.78, 5) is 11.9. The summed E-state index contributed by atoms with van der Waals surface area (Å²) in [5.41, 5.74) is 2.14. The van der Waals surface area contributed by atoms with Crippen LogP contribution in [0.25, 0.3) is 0 Å². The number of aromatic nitrogens is 2. The van der Waals surface area contributed by atoms with Crippen LogP contribution in [0.1, 0.15) is 25.0 Å². The van der Waals surface area contributed by atoms with E-state index in [1.807, 2.05) is 26.0 Å². The van der Waals surface area contributed by atoms with Gasteiger partial charge in [0.1, 0.15) is 5.75 Å². The minimum atomic E-state index is -0.250. The molecule has 1 aromatic carbocycles. The minimum Gasteiger partial charge on any atom is -0.484 e. The molecule has 8 heteroatoms. The Kier molecular flexibility index (Phi) is 6.43. The number of rotatable bonds is 6. The van der Waals surface area contributed by atoms with Crippen molar-refractivity contribution in [3.63, 3.8) is 0 Å². The zero-order valence-corrected chi connectivity index (χ0v) is 16.6. The van der Waals surface area contributed by atoms with E-state index < -0.39 is 0 Å². The van der Waals surface area contributed by atoms with Gasteiger partial charge in [-0.15, -0.1) is 10.2 Å². The summed E-state index contributed by atoms with van der Waals surface area (Å²) in [5, 5.41) is 11.6. The average molecular weight is 416 g/mol. The lowest BCUT2D eigenvalue weighted by Gasteiger charge is -2.09. The predicted molar refractivity (Wildman–Crippen MR) is 98.6 cm³/mol. The van der Waals surface area contributed by atoms with E-state index in [-0.39, 0.29) is 12.5 Å². The molecule has 0 aliphatic heterocycles. The summed E-state index contributed by atoms with van der Waals surface area (Å²) in [5.74, 6) is 0.423. The van der Waals surface area contributed by atoms with Gasteiger partial charge in [-0.1, -0.05) is 52.9 Å². The first-order chi connectivity index (χ1) is 10.8. The molecule has 0 bridgehead atoms. The summed E-state index contributed by atoms with van der Waals surface area (Å²) in [7, 11) is 0. The normalized spacial score (nSPS) is 10.9. The van der Waals surface area contributed by atoms with Gasteiger partial charge in [0.25, 0.3) is 5.91 Å². The number of hydrogen-bond donors (Lipinski definition) is 1. The van der Waals surface area contributed by atoms with Crippen molar-refractivity contribution >= 4 is 50.1 Å². The van der Waals surface area contributed by atoms with Crippen LogP contribution in [0.3, 0.4) is 0 Å². The monoisotopic (exact) mass is 415 g/mol. The van der Waals surface area contributed by atoms with Gasteiger partial charge < -0.3 is 4.74 Å². The van der Waals surface area contributed by atoms with Gasteiger partial charge in [-0.25, -0.2) is 0 Å². The van der Waals surface area contributed by atoms with Gasteiger partial charge in [0, 0.05) is 9.72 Å². The number of nitrogens with one attached hydrogen (secondary N) is 1. The molecule has 0 unspecified atom stereocenters. The Morgan fingerprint density at radius 1 is 1.35 bits per heavy atom. The topological polar surface area (TPSA) is 64.1 Å². The van der Waals surface area contributed by atoms with Crippen molar-refractivity contribution in [2.75, 3.05) is 11.9 Å². The highest BCUT2D eigenvalue weighted by Crippen LogP contribution is 2.29. The molecule has 1 heterocycles. The van der Waals surface area contributed by atoms with Gasteiger partial charge in [-0.3, -0.25) is 10.1 Å². The van der Waals surface area contributed by atoms with Crippen LogP contribution in [0.2, 0.25) is 0 Å². The standard InChI is InChI=1S/C15H18BrN3O2S2/c1-8(2)22-15-19-18-14(23-15)17-12(20)7-21-11-5-9(3)13(16)10(4)6-11/h5-6,8H,7H2,1-4H3,(H,17,18,20). The fourth-order valence-corrected chi connectivity index (χ4v) is 4.02. The molecular weight excluding hydrogens is 398 g/mol. The molecule has 5 nitrogen and oxygen atoms in total. The molecule has 2 aromatic rings. The number of thioether (sulfide) groups is 1. The van der Waals surface area contributed by atoms with Gasteiger partial charge in [-0.2, -0.15) is 0 Å². The maximum absolute atomic E-state index is 11.9. The number of benzene rings is 1. The van der Waals surface area contributed by atoms with E-state index in [1.165, 1.54) is 11.3 Å². The molecule has 1 aromatic heterocycles. The molecule has 0 saturated carbocycles. The largest absolute Gasteiger partial charge is 0.484 e. The second-order valence-corrected chi connectivity index (χ2v) is 8.84. The Morgan fingerprint density at radius 2 is 2.00 bits per heavy atom. The number of carbonyl (C=O) groups excluding carboxylic acids is 1. The molecule has 0 spiro atoms. The number of anilines is 1. The summed E-state index contributed by atoms with van der Waals surface area (Å²) >= 11 is 6.49. The third-order valence-corrected chi connectivity index (χ3v) is 5.95. The second-order valence-electron chi connectivity index (χ2n) is 5.25. The third-order valence-electron chi connectivity index (χ3n) is 2.77. The van der Waals surface area contributed by atoms with E-state index >= 15 is 0 Å². The quantitative estimate of drug-likeness (QED) is 0.557. The van der Waals surface area contributed by atoms with Crippen LogP contribution in [0.15, 0.2) is 20.9 Å². The SMILES string of the molecule is Cc1cc(OCC(=O)Nc2nnc(SC(C)C)s2)cc(C)c1Br. The van der Waals surface area contributed by atoms with Gasteiger partial charge in [-0.05, 0) is 37.1 Å². The van der Waals surface area contributed by atoms with E-state index in [4.69, 9.17) is 4.74 Å². The Morgan fingerprint density at radius 3 is 2.61 bits per heavy atom. The molecule has 0 aliphatic rings. The molecule has 0 atom stereocenters. The molecule has 124 valence electrons. The molecule has 0 fully saturated rings. The number of halogens is 1. The number of aryl methyl sites for hydroxylation is 2. The van der Waals surface area contributed by atoms with Crippen LogP contribution in [0, 0.1) is 13.8 Å². The Balaban J connectivity index is 1.89. The first kappa shape index (κ1) is 18.2. The summed E-state index contributed by atoms with van der Waals surface area (Å²) < 4.78 is 7.44. The number of hydrogen-bond acceptors (Lipinski definition) is 6. The van der Waals surface area contributed by atoms with Crippen LogP contribution in [-0.2, 0) is 4.79 Å².